The molecule has 2 aliphatic rings. The van der Waals surface area contributed by atoms with Crippen LogP contribution in [0.15, 0.2) is 54.6 Å². The fourth-order valence-corrected chi connectivity index (χ4v) is 4.90. The number of hydrogen-bond donors (Lipinski definition) is 0. The van der Waals surface area contributed by atoms with Gasteiger partial charge in [0.15, 0.2) is 5.82 Å². The summed E-state index contributed by atoms with van der Waals surface area (Å²) in [5.41, 5.74) is 2.16. The van der Waals surface area contributed by atoms with Gasteiger partial charge < -0.3 is 0 Å². The number of hydrogen-bond acceptors (Lipinski definition) is 5. The van der Waals surface area contributed by atoms with E-state index >= 15 is 0 Å². The molecule has 2 aromatic carbocycles. The van der Waals surface area contributed by atoms with E-state index in [4.69, 9.17) is 0 Å². The van der Waals surface area contributed by atoms with Gasteiger partial charge in [-0.2, -0.15) is 0 Å². The van der Waals surface area contributed by atoms with E-state index in [0.29, 0.717) is 12.6 Å². The third-order valence-corrected chi connectivity index (χ3v) is 6.41. The lowest BCUT2D eigenvalue weighted by atomic mass is 10.0. The van der Waals surface area contributed by atoms with Crippen LogP contribution in [0.1, 0.15) is 35.8 Å². The van der Waals surface area contributed by atoms with Crippen molar-refractivity contribution in [3.05, 3.63) is 77.4 Å². The van der Waals surface area contributed by atoms with E-state index in [1.54, 1.807) is 12.1 Å². The summed E-state index contributed by atoms with van der Waals surface area (Å²) in [6.45, 7) is 4.83. The molecule has 156 valence electrons. The van der Waals surface area contributed by atoms with Gasteiger partial charge in [-0.05, 0) is 59.5 Å². The smallest absolute Gasteiger partial charge is 0.173 e. The summed E-state index contributed by atoms with van der Waals surface area (Å²) >= 11 is 0. The van der Waals surface area contributed by atoms with Crippen molar-refractivity contribution in [2.45, 2.75) is 37.9 Å². The third kappa shape index (κ3) is 4.00. The predicted molar refractivity (Wildman–Crippen MR) is 112 cm³/mol. The van der Waals surface area contributed by atoms with Crippen molar-refractivity contribution in [3.8, 4) is 0 Å². The van der Waals surface area contributed by atoms with E-state index in [-0.39, 0.29) is 11.9 Å². The second kappa shape index (κ2) is 8.62. The van der Waals surface area contributed by atoms with Crippen LogP contribution in [0.3, 0.4) is 0 Å². The molecule has 0 saturated carbocycles. The summed E-state index contributed by atoms with van der Waals surface area (Å²) in [5.74, 6) is 0.572. The van der Waals surface area contributed by atoms with Crippen LogP contribution in [-0.4, -0.2) is 62.2 Å². The fourth-order valence-electron chi connectivity index (χ4n) is 4.90. The van der Waals surface area contributed by atoms with Crippen molar-refractivity contribution in [1.29, 1.82) is 0 Å². The number of tetrazole rings is 1. The monoisotopic (exact) mass is 406 g/mol. The second-order valence-corrected chi connectivity index (χ2v) is 8.28. The minimum Gasteiger partial charge on any atom is -0.298 e. The summed E-state index contributed by atoms with van der Waals surface area (Å²) in [6, 6.07) is 17.7. The number of nitrogens with zero attached hydrogens (tertiary/aromatic N) is 6. The van der Waals surface area contributed by atoms with E-state index in [1.165, 1.54) is 31.0 Å². The highest BCUT2D eigenvalue weighted by atomic mass is 19.1. The van der Waals surface area contributed by atoms with Crippen molar-refractivity contribution in [2.24, 2.45) is 0 Å². The lowest BCUT2D eigenvalue weighted by Crippen LogP contribution is -2.51. The van der Waals surface area contributed by atoms with Gasteiger partial charge in [0.2, 0.25) is 0 Å². The molecule has 0 N–H and O–H groups in total. The molecular weight excluding hydrogens is 379 g/mol. The highest BCUT2D eigenvalue weighted by Gasteiger charge is 2.36. The maximum Gasteiger partial charge on any atom is 0.173 e. The van der Waals surface area contributed by atoms with Crippen LogP contribution in [0.4, 0.5) is 4.39 Å². The van der Waals surface area contributed by atoms with Crippen LogP contribution in [0.25, 0.3) is 0 Å². The van der Waals surface area contributed by atoms with Gasteiger partial charge in [-0.15, -0.1) is 5.10 Å². The molecule has 30 heavy (non-hydrogen) atoms. The zero-order valence-corrected chi connectivity index (χ0v) is 17.1. The third-order valence-electron chi connectivity index (χ3n) is 6.41. The van der Waals surface area contributed by atoms with Crippen LogP contribution >= 0.6 is 0 Å². The van der Waals surface area contributed by atoms with Gasteiger partial charge in [0.25, 0.3) is 0 Å². The normalized spacial score (nSPS) is 20.9. The number of aromatic nitrogens is 4. The van der Waals surface area contributed by atoms with Crippen molar-refractivity contribution in [1.82, 2.24) is 30.0 Å². The van der Waals surface area contributed by atoms with Crippen LogP contribution in [0.2, 0.25) is 0 Å². The number of fused-ring (bicyclic) bond motifs is 1. The standard InChI is InChI=1S/C23H27FN6/c24-20-9-4-8-19(16-20)22(29-15-14-28-12-5-10-21(28)17-29)23-25-26-27-30(23)13-11-18-6-2-1-3-7-18/h1-4,6-9,16,21-22H,5,10-15,17H2/t21-,22-/m0/s1. The van der Waals surface area contributed by atoms with E-state index in [1.807, 2.05) is 28.9 Å². The number of benzene rings is 2. The zero-order chi connectivity index (χ0) is 20.3. The van der Waals surface area contributed by atoms with Crippen LogP contribution in [0, 0.1) is 5.82 Å². The first kappa shape index (κ1) is 19.3. The molecule has 7 heteroatoms. The van der Waals surface area contributed by atoms with Crippen LogP contribution < -0.4 is 0 Å². The molecule has 0 spiro atoms. The SMILES string of the molecule is Fc1cccc([C@@H](c2nnnn2CCc2ccccc2)N2CCN3CCC[C@H]3C2)c1. The Morgan fingerprint density at radius 1 is 1.03 bits per heavy atom. The Morgan fingerprint density at radius 3 is 2.80 bits per heavy atom. The molecule has 2 atom stereocenters. The highest BCUT2D eigenvalue weighted by molar-refractivity contribution is 5.26. The van der Waals surface area contributed by atoms with Crippen molar-refractivity contribution in [2.75, 3.05) is 26.2 Å². The summed E-state index contributed by atoms with van der Waals surface area (Å²) in [7, 11) is 0. The van der Waals surface area contributed by atoms with Gasteiger partial charge in [0.05, 0.1) is 6.04 Å². The van der Waals surface area contributed by atoms with E-state index < -0.39 is 0 Å². The lowest BCUT2D eigenvalue weighted by Gasteiger charge is -2.41. The van der Waals surface area contributed by atoms with Crippen LogP contribution in [-0.2, 0) is 13.0 Å². The molecule has 0 amide bonds. The Labute approximate surface area is 176 Å². The first-order chi connectivity index (χ1) is 14.8. The van der Waals surface area contributed by atoms with Crippen LogP contribution in [0.5, 0.6) is 0 Å². The highest BCUT2D eigenvalue weighted by Crippen LogP contribution is 2.32. The number of aryl methyl sites for hydroxylation is 2. The molecular formula is C23H27FN6. The molecule has 2 saturated heterocycles. The summed E-state index contributed by atoms with van der Waals surface area (Å²) < 4.78 is 16.0. The van der Waals surface area contributed by atoms with Gasteiger partial charge >= 0.3 is 0 Å². The largest absolute Gasteiger partial charge is 0.298 e. The molecule has 3 aromatic rings. The Bertz CT molecular complexity index is 975. The van der Waals surface area contributed by atoms with Gasteiger partial charge in [-0.25, -0.2) is 9.07 Å². The fraction of sp³-hybridized carbons (Fsp3) is 0.435. The van der Waals surface area contributed by atoms with E-state index in [2.05, 4.69) is 37.5 Å². The summed E-state index contributed by atoms with van der Waals surface area (Å²) in [4.78, 5) is 5.02. The van der Waals surface area contributed by atoms with E-state index in [0.717, 1.165) is 37.4 Å². The Morgan fingerprint density at radius 2 is 1.93 bits per heavy atom. The molecule has 6 nitrogen and oxygen atoms in total. The predicted octanol–water partition coefficient (Wildman–Crippen LogP) is 2.92. The van der Waals surface area contributed by atoms with Gasteiger partial charge in [0.1, 0.15) is 5.82 Å². The molecule has 0 unspecified atom stereocenters. The zero-order valence-electron chi connectivity index (χ0n) is 17.1. The minimum absolute atomic E-state index is 0.144. The second-order valence-electron chi connectivity index (χ2n) is 8.28. The first-order valence-electron chi connectivity index (χ1n) is 10.8. The average Bonchev–Trinajstić information content (AvgIpc) is 3.42. The number of rotatable bonds is 6. The summed E-state index contributed by atoms with van der Waals surface area (Å²) in [6.07, 6.45) is 3.34. The molecule has 3 heterocycles. The van der Waals surface area contributed by atoms with Gasteiger partial charge in [-0.3, -0.25) is 9.80 Å². The maximum absolute atomic E-state index is 14.1. The quantitative estimate of drug-likeness (QED) is 0.630. The molecule has 0 radical (unpaired) electrons. The maximum atomic E-state index is 14.1. The Balaban J connectivity index is 1.44. The van der Waals surface area contributed by atoms with E-state index in [9.17, 15) is 4.39 Å². The first-order valence-corrected chi connectivity index (χ1v) is 10.8. The van der Waals surface area contributed by atoms with Crippen molar-refractivity contribution < 1.29 is 4.39 Å². The Kier molecular flexibility index (Phi) is 5.55. The topological polar surface area (TPSA) is 50.1 Å². The van der Waals surface area contributed by atoms with Gasteiger partial charge in [-0.1, -0.05) is 42.5 Å². The number of piperazine rings is 1. The molecule has 1 aromatic heterocycles. The molecule has 0 bridgehead atoms. The van der Waals surface area contributed by atoms with Crippen molar-refractivity contribution >= 4 is 0 Å². The average molecular weight is 407 g/mol. The molecule has 2 fully saturated rings. The number of halogens is 1. The van der Waals surface area contributed by atoms with Gasteiger partial charge in [0, 0.05) is 32.2 Å². The minimum atomic E-state index is -0.222. The van der Waals surface area contributed by atoms with Crippen molar-refractivity contribution in [3.63, 3.8) is 0 Å². The summed E-state index contributed by atoms with van der Waals surface area (Å²) in [5, 5.41) is 12.7. The lowest BCUT2D eigenvalue weighted by molar-refractivity contribution is 0.0792. The molecule has 2 aliphatic heterocycles. The molecule has 5 rings (SSSR count). The Hall–Kier alpha value is -2.64. The molecule has 0 aliphatic carbocycles.